The smallest absolute Gasteiger partial charge is 0.355 e. The Labute approximate surface area is 118 Å². The van der Waals surface area contributed by atoms with Crippen LogP contribution in [-0.4, -0.2) is 33.3 Å². The van der Waals surface area contributed by atoms with Crippen molar-refractivity contribution < 1.29 is 17.9 Å². The molecule has 0 bridgehead atoms. The van der Waals surface area contributed by atoms with E-state index in [1.807, 2.05) is 6.92 Å². The number of methoxy groups -OCH3 is 1. The molecule has 0 fully saturated rings. The summed E-state index contributed by atoms with van der Waals surface area (Å²) in [6.45, 7) is 1.87. The van der Waals surface area contributed by atoms with Crippen LogP contribution in [0.25, 0.3) is 0 Å². The molecule has 0 saturated carbocycles. The molecule has 0 unspecified atom stereocenters. The van der Waals surface area contributed by atoms with Gasteiger partial charge in [0.2, 0.25) is 0 Å². The van der Waals surface area contributed by atoms with Crippen LogP contribution >= 0.6 is 0 Å². The second kappa shape index (κ2) is 5.17. The third kappa shape index (κ3) is 2.49. The number of ether oxygens (including phenoxy) is 1. The van der Waals surface area contributed by atoms with Gasteiger partial charge in [-0.05, 0) is 25.1 Å². The van der Waals surface area contributed by atoms with Crippen molar-refractivity contribution in [1.82, 2.24) is 3.97 Å². The lowest BCUT2D eigenvalue weighted by Crippen LogP contribution is -2.18. The zero-order valence-corrected chi connectivity index (χ0v) is 12.3. The summed E-state index contributed by atoms with van der Waals surface area (Å²) in [6.07, 6.45) is 1.40. The summed E-state index contributed by atoms with van der Waals surface area (Å²) in [7, 11) is -0.873. The molecule has 0 aliphatic carbocycles. The van der Waals surface area contributed by atoms with E-state index in [2.05, 4.69) is 4.74 Å². The van der Waals surface area contributed by atoms with E-state index in [1.165, 1.54) is 31.5 Å². The van der Waals surface area contributed by atoms with Crippen LogP contribution in [0.2, 0.25) is 0 Å². The van der Waals surface area contributed by atoms with Gasteiger partial charge in [-0.1, -0.05) is 23.2 Å². The Balaban J connectivity index is 2.60. The molecule has 0 aliphatic rings. The van der Waals surface area contributed by atoms with Crippen molar-refractivity contribution in [3.05, 3.63) is 47.8 Å². The van der Waals surface area contributed by atoms with Gasteiger partial charge in [-0.25, -0.2) is 17.2 Å². The number of aryl methyl sites for hydroxylation is 1. The molecule has 1 heterocycles. The standard InChI is InChI=1S/C13H14BNO4S/c1-9-3-5-11(6-4-9)20(17,18)15-8-10(14)7-12(15)13(16)19-2/h3-8H,14H2,1-2H3. The predicted octanol–water partition coefficient (Wildman–Crippen LogP) is 0.0785. The number of hydrogen-bond donors (Lipinski definition) is 0. The molecule has 7 heteroatoms. The second-order valence-electron chi connectivity index (χ2n) is 4.51. The van der Waals surface area contributed by atoms with E-state index in [1.54, 1.807) is 20.0 Å². The van der Waals surface area contributed by atoms with Crippen molar-refractivity contribution in [3.8, 4) is 0 Å². The van der Waals surface area contributed by atoms with E-state index in [9.17, 15) is 13.2 Å². The van der Waals surface area contributed by atoms with Gasteiger partial charge in [-0.15, -0.1) is 0 Å². The molecule has 20 heavy (non-hydrogen) atoms. The van der Waals surface area contributed by atoms with Crippen molar-refractivity contribution in [1.29, 1.82) is 0 Å². The summed E-state index contributed by atoms with van der Waals surface area (Å²) >= 11 is 0. The molecular formula is C13H14BNO4S. The van der Waals surface area contributed by atoms with Crippen LogP contribution in [0.15, 0.2) is 41.4 Å². The predicted molar refractivity (Wildman–Crippen MR) is 77.7 cm³/mol. The number of esters is 1. The van der Waals surface area contributed by atoms with Gasteiger partial charge >= 0.3 is 5.97 Å². The third-order valence-electron chi connectivity index (χ3n) is 2.90. The van der Waals surface area contributed by atoms with Gasteiger partial charge in [0.25, 0.3) is 10.0 Å². The molecule has 0 aliphatic heterocycles. The number of carbonyl (C=O) groups is 1. The minimum absolute atomic E-state index is 0.00873. The summed E-state index contributed by atoms with van der Waals surface area (Å²) < 4.78 is 30.7. The van der Waals surface area contributed by atoms with E-state index in [4.69, 9.17) is 0 Å². The quantitative estimate of drug-likeness (QED) is 0.593. The Morgan fingerprint density at radius 1 is 1.25 bits per heavy atom. The molecular weight excluding hydrogens is 277 g/mol. The maximum atomic E-state index is 12.6. The lowest BCUT2D eigenvalue weighted by molar-refractivity contribution is 0.0593. The zero-order valence-electron chi connectivity index (χ0n) is 11.5. The SMILES string of the molecule is Bc1cc(C(=O)OC)n(S(=O)(=O)c2ccc(C)cc2)c1. The molecule has 104 valence electrons. The summed E-state index contributed by atoms with van der Waals surface area (Å²) in [5, 5.41) is 0. The zero-order chi connectivity index (χ0) is 14.9. The molecule has 1 aromatic carbocycles. The van der Waals surface area contributed by atoms with Crippen LogP contribution in [0, 0.1) is 6.92 Å². The third-order valence-corrected chi connectivity index (χ3v) is 4.58. The largest absolute Gasteiger partial charge is 0.464 e. The average Bonchev–Trinajstić information content (AvgIpc) is 2.81. The highest BCUT2D eigenvalue weighted by Crippen LogP contribution is 2.17. The van der Waals surface area contributed by atoms with Gasteiger partial charge in [0.1, 0.15) is 13.5 Å². The Morgan fingerprint density at radius 3 is 2.40 bits per heavy atom. The summed E-state index contributed by atoms with van der Waals surface area (Å²) in [5.74, 6) is -0.686. The number of nitrogens with zero attached hydrogens (tertiary/aromatic N) is 1. The maximum absolute atomic E-state index is 12.6. The first-order chi connectivity index (χ1) is 9.36. The van der Waals surface area contributed by atoms with Crippen molar-refractivity contribution >= 4 is 29.3 Å². The van der Waals surface area contributed by atoms with Crippen molar-refractivity contribution in [2.45, 2.75) is 11.8 Å². The Bertz CT molecular complexity index is 747. The number of aromatic nitrogens is 1. The number of rotatable bonds is 3. The second-order valence-corrected chi connectivity index (χ2v) is 6.32. The fourth-order valence-corrected chi connectivity index (χ4v) is 3.25. The normalized spacial score (nSPS) is 11.3. The molecule has 0 atom stereocenters. The summed E-state index contributed by atoms with van der Waals surface area (Å²) in [6, 6.07) is 7.93. The van der Waals surface area contributed by atoms with Crippen LogP contribution in [0.3, 0.4) is 0 Å². The highest BCUT2D eigenvalue weighted by atomic mass is 32.2. The molecule has 5 nitrogen and oxygen atoms in total. The van der Waals surface area contributed by atoms with Gasteiger partial charge in [-0.3, -0.25) is 0 Å². The average molecular weight is 291 g/mol. The molecule has 0 spiro atoms. The van der Waals surface area contributed by atoms with Crippen LogP contribution in [0.5, 0.6) is 0 Å². The Morgan fingerprint density at radius 2 is 1.85 bits per heavy atom. The molecule has 0 N–H and O–H groups in total. The first kappa shape index (κ1) is 14.4. The lowest BCUT2D eigenvalue weighted by Gasteiger charge is -2.09. The first-order valence-corrected chi connectivity index (χ1v) is 7.40. The minimum Gasteiger partial charge on any atom is -0.464 e. The Kier molecular flexibility index (Phi) is 3.72. The highest BCUT2D eigenvalue weighted by Gasteiger charge is 2.23. The van der Waals surface area contributed by atoms with E-state index in [0.717, 1.165) is 9.54 Å². The van der Waals surface area contributed by atoms with E-state index in [-0.39, 0.29) is 10.6 Å². The fourth-order valence-electron chi connectivity index (χ4n) is 1.85. The van der Waals surface area contributed by atoms with E-state index in [0.29, 0.717) is 5.46 Å². The van der Waals surface area contributed by atoms with Gasteiger partial charge in [-0.2, -0.15) is 0 Å². The fraction of sp³-hybridized carbons (Fsp3) is 0.154. The molecule has 0 amide bonds. The van der Waals surface area contributed by atoms with Crippen LogP contribution in [0.4, 0.5) is 0 Å². The summed E-state index contributed by atoms with van der Waals surface area (Å²) in [5.41, 5.74) is 1.62. The Hall–Kier alpha value is -2.02. The first-order valence-electron chi connectivity index (χ1n) is 5.96. The van der Waals surface area contributed by atoms with E-state index >= 15 is 0 Å². The van der Waals surface area contributed by atoms with Crippen molar-refractivity contribution in [2.75, 3.05) is 7.11 Å². The topological polar surface area (TPSA) is 65.4 Å². The highest BCUT2D eigenvalue weighted by molar-refractivity contribution is 7.90. The summed E-state index contributed by atoms with van der Waals surface area (Å²) in [4.78, 5) is 11.8. The van der Waals surface area contributed by atoms with Gasteiger partial charge in [0, 0.05) is 6.20 Å². The molecule has 2 rings (SSSR count). The molecule has 1 aromatic heterocycles. The van der Waals surface area contributed by atoms with Gasteiger partial charge < -0.3 is 4.74 Å². The van der Waals surface area contributed by atoms with Gasteiger partial charge in [0.05, 0.1) is 12.0 Å². The van der Waals surface area contributed by atoms with Gasteiger partial charge in [0.15, 0.2) is 0 Å². The van der Waals surface area contributed by atoms with Crippen LogP contribution in [-0.2, 0) is 14.8 Å². The maximum Gasteiger partial charge on any atom is 0.355 e. The minimum atomic E-state index is -3.80. The number of carbonyl (C=O) groups excluding carboxylic acids is 1. The lowest BCUT2D eigenvalue weighted by atomic mass is 10.0. The van der Waals surface area contributed by atoms with Crippen LogP contribution < -0.4 is 5.46 Å². The molecule has 0 saturated heterocycles. The molecule has 2 aromatic rings. The number of hydrogen-bond acceptors (Lipinski definition) is 4. The van der Waals surface area contributed by atoms with Crippen molar-refractivity contribution in [3.63, 3.8) is 0 Å². The van der Waals surface area contributed by atoms with Crippen molar-refractivity contribution in [2.24, 2.45) is 0 Å². The number of benzene rings is 1. The monoisotopic (exact) mass is 291 g/mol. The van der Waals surface area contributed by atoms with Crippen LogP contribution in [0.1, 0.15) is 16.1 Å². The van der Waals surface area contributed by atoms with E-state index < -0.39 is 16.0 Å². The molecule has 0 radical (unpaired) electrons.